The van der Waals surface area contributed by atoms with Gasteiger partial charge in [-0.1, -0.05) is 23.9 Å². The van der Waals surface area contributed by atoms with Gasteiger partial charge >= 0.3 is 5.97 Å². The summed E-state index contributed by atoms with van der Waals surface area (Å²) in [5.41, 5.74) is 0.978. The first-order valence-corrected chi connectivity index (χ1v) is 10.7. The molecular weight excluding hydrogens is 412 g/mol. The minimum atomic E-state index is -0.508. The molecule has 0 radical (unpaired) electrons. The highest BCUT2D eigenvalue weighted by molar-refractivity contribution is 8.00. The SMILES string of the molecule is CCOC(=O)Cc1csc(NC(=O)C(C)Sc2nc3ccccc3c(=O)n2C)n1. The molecule has 2 aromatic heterocycles. The van der Waals surface area contributed by atoms with Gasteiger partial charge in [0.1, 0.15) is 0 Å². The van der Waals surface area contributed by atoms with Crippen LogP contribution in [-0.4, -0.2) is 38.3 Å². The number of thiazole rings is 1. The van der Waals surface area contributed by atoms with E-state index in [1.54, 1.807) is 44.5 Å². The number of nitrogens with one attached hydrogen (secondary N) is 1. The molecule has 0 aliphatic carbocycles. The lowest BCUT2D eigenvalue weighted by molar-refractivity contribution is -0.142. The Hall–Kier alpha value is -2.72. The first-order chi connectivity index (χ1) is 13.9. The summed E-state index contributed by atoms with van der Waals surface area (Å²) in [7, 11) is 1.64. The molecular formula is C19H20N4O4S2. The van der Waals surface area contributed by atoms with Gasteiger partial charge in [0.2, 0.25) is 5.91 Å². The van der Waals surface area contributed by atoms with E-state index in [0.29, 0.717) is 33.5 Å². The second-order valence-corrected chi connectivity index (χ2v) is 8.32. The topological polar surface area (TPSA) is 103 Å². The van der Waals surface area contributed by atoms with Crippen molar-refractivity contribution in [1.82, 2.24) is 14.5 Å². The summed E-state index contributed by atoms with van der Waals surface area (Å²) < 4.78 is 6.33. The number of hydrogen-bond donors (Lipinski definition) is 1. The molecule has 0 aliphatic heterocycles. The Kier molecular flexibility index (Phi) is 6.65. The fourth-order valence-electron chi connectivity index (χ4n) is 2.53. The number of nitrogens with zero attached hydrogens (tertiary/aromatic N) is 3. The van der Waals surface area contributed by atoms with Crippen molar-refractivity contribution in [3.63, 3.8) is 0 Å². The number of amides is 1. The first kappa shape index (κ1) is 21.0. The van der Waals surface area contributed by atoms with Crippen molar-refractivity contribution in [3.8, 4) is 0 Å². The number of esters is 1. The van der Waals surface area contributed by atoms with E-state index in [9.17, 15) is 14.4 Å². The van der Waals surface area contributed by atoms with Crippen molar-refractivity contribution in [2.24, 2.45) is 7.05 Å². The number of para-hydroxylation sites is 1. The number of hydrogen-bond acceptors (Lipinski definition) is 8. The Morgan fingerprint density at radius 1 is 1.31 bits per heavy atom. The maximum absolute atomic E-state index is 12.5. The van der Waals surface area contributed by atoms with Crippen molar-refractivity contribution >= 4 is 51.0 Å². The summed E-state index contributed by atoms with van der Waals surface area (Å²) >= 11 is 2.43. The number of benzene rings is 1. The number of anilines is 1. The molecule has 0 saturated carbocycles. The van der Waals surface area contributed by atoms with E-state index in [1.165, 1.54) is 27.7 Å². The smallest absolute Gasteiger partial charge is 0.311 e. The maximum atomic E-state index is 12.5. The van der Waals surface area contributed by atoms with Crippen LogP contribution in [0.25, 0.3) is 10.9 Å². The van der Waals surface area contributed by atoms with Gasteiger partial charge in [0.15, 0.2) is 10.3 Å². The Bertz CT molecular complexity index is 1110. The molecule has 8 nitrogen and oxygen atoms in total. The Balaban J connectivity index is 1.68. The number of thioether (sulfide) groups is 1. The minimum absolute atomic E-state index is 0.0631. The fourth-order valence-corrected chi connectivity index (χ4v) is 4.11. The second kappa shape index (κ2) is 9.19. The number of rotatable bonds is 7. The molecule has 29 heavy (non-hydrogen) atoms. The van der Waals surface area contributed by atoms with Crippen LogP contribution in [0.5, 0.6) is 0 Å². The van der Waals surface area contributed by atoms with E-state index < -0.39 is 5.25 Å². The maximum Gasteiger partial charge on any atom is 0.311 e. The van der Waals surface area contributed by atoms with Crippen molar-refractivity contribution in [2.75, 3.05) is 11.9 Å². The van der Waals surface area contributed by atoms with Gasteiger partial charge in [-0.3, -0.25) is 19.0 Å². The van der Waals surface area contributed by atoms with E-state index in [0.717, 1.165) is 0 Å². The van der Waals surface area contributed by atoms with E-state index in [-0.39, 0.29) is 23.9 Å². The molecule has 10 heteroatoms. The van der Waals surface area contributed by atoms with Crippen LogP contribution >= 0.6 is 23.1 Å². The average molecular weight is 433 g/mol. The van der Waals surface area contributed by atoms with Crippen LogP contribution in [0.3, 0.4) is 0 Å². The third-order valence-corrected chi connectivity index (χ3v) is 5.96. The highest BCUT2D eigenvalue weighted by Gasteiger charge is 2.19. The normalized spacial score (nSPS) is 12.0. The summed E-state index contributed by atoms with van der Waals surface area (Å²) in [5.74, 6) is -0.627. The molecule has 0 bridgehead atoms. The third kappa shape index (κ3) is 5.01. The van der Waals surface area contributed by atoms with Gasteiger partial charge < -0.3 is 10.1 Å². The molecule has 1 atom stereocenters. The Morgan fingerprint density at radius 2 is 2.07 bits per heavy atom. The Labute approximate surface area is 175 Å². The van der Waals surface area contributed by atoms with Crippen LogP contribution in [0.1, 0.15) is 19.5 Å². The first-order valence-electron chi connectivity index (χ1n) is 8.92. The molecule has 1 amide bonds. The van der Waals surface area contributed by atoms with Crippen molar-refractivity contribution in [3.05, 3.63) is 45.7 Å². The average Bonchev–Trinajstić information content (AvgIpc) is 3.12. The number of aromatic nitrogens is 3. The number of carbonyl (C=O) groups excluding carboxylic acids is 2. The molecule has 1 unspecified atom stereocenters. The van der Waals surface area contributed by atoms with Crippen molar-refractivity contribution < 1.29 is 14.3 Å². The van der Waals surface area contributed by atoms with Crippen LogP contribution in [0, 0.1) is 0 Å². The monoisotopic (exact) mass is 432 g/mol. The standard InChI is InChI=1S/C19H20N4O4S2/c1-4-27-15(24)9-12-10-28-18(20-12)22-16(25)11(2)29-19-21-14-8-6-5-7-13(14)17(26)23(19)3/h5-8,10-11H,4,9H2,1-3H3,(H,20,22,25). The zero-order valence-corrected chi connectivity index (χ0v) is 17.8. The quantitative estimate of drug-likeness (QED) is 0.348. The lowest BCUT2D eigenvalue weighted by atomic mass is 10.2. The molecule has 0 saturated heterocycles. The molecule has 152 valence electrons. The predicted octanol–water partition coefficient (Wildman–Crippen LogP) is 2.61. The van der Waals surface area contributed by atoms with Crippen molar-refractivity contribution in [1.29, 1.82) is 0 Å². The molecule has 3 rings (SSSR count). The van der Waals surface area contributed by atoms with Gasteiger partial charge in [0.25, 0.3) is 5.56 Å². The van der Waals surface area contributed by atoms with E-state index in [4.69, 9.17) is 4.74 Å². The zero-order chi connectivity index (χ0) is 21.0. The van der Waals surface area contributed by atoms with Crippen LogP contribution < -0.4 is 10.9 Å². The molecule has 1 aromatic carbocycles. The van der Waals surface area contributed by atoms with E-state index >= 15 is 0 Å². The fraction of sp³-hybridized carbons (Fsp3) is 0.316. The van der Waals surface area contributed by atoms with Gasteiger partial charge in [-0.15, -0.1) is 11.3 Å². The van der Waals surface area contributed by atoms with Gasteiger partial charge in [-0.2, -0.15) is 0 Å². The van der Waals surface area contributed by atoms with Gasteiger partial charge in [0.05, 0.1) is 34.9 Å². The number of ether oxygens (including phenoxy) is 1. The third-order valence-electron chi connectivity index (χ3n) is 4.01. The molecule has 2 heterocycles. The van der Waals surface area contributed by atoms with Crippen LogP contribution in [0.4, 0.5) is 5.13 Å². The minimum Gasteiger partial charge on any atom is -0.466 e. The number of carbonyl (C=O) groups is 2. The van der Waals surface area contributed by atoms with Gasteiger partial charge in [-0.25, -0.2) is 9.97 Å². The summed E-state index contributed by atoms with van der Waals surface area (Å²) in [6, 6.07) is 7.10. The van der Waals surface area contributed by atoms with E-state index in [1.807, 2.05) is 6.07 Å². The highest BCUT2D eigenvalue weighted by Crippen LogP contribution is 2.24. The second-order valence-electron chi connectivity index (χ2n) is 6.15. The van der Waals surface area contributed by atoms with Gasteiger partial charge in [0, 0.05) is 12.4 Å². The number of fused-ring (bicyclic) bond motifs is 1. The molecule has 3 aromatic rings. The highest BCUT2D eigenvalue weighted by atomic mass is 32.2. The zero-order valence-electron chi connectivity index (χ0n) is 16.2. The van der Waals surface area contributed by atoms with E-state index in [2.05, 4.69) is 15.3 Å². The molecule has 0 fully saturated rings. The summed E-state index contributed by atoms with van der Waals surface area (Å²) in [6.07, 6.45) is 0.0631. The largest absolute Gasteiger partial charge is 0.466 e. The van der Waals surface area contributed by atoms with Crippen LogP contribution in [0.2, 0.25) is 0 Å². The van der Waals surface area contributed by atoms with Crippen LogP contribution in [-0.2, 0) is 27.8 Å². The molecule has 0 spiro atoms. The van der Waals surface area contributed by atoms with Crippen LogP contribution in [0.15, 0.2) is 39.6 Å². The molecule has 1 N–H and O–H groups in total. The predicted molar refractivity (Wildman–Crippen MR) is 113 cm³/mol. The lowest BCUT2D eigenvalue weighted by Crippen LogP contribution is -2.25. The lowest BCUT2D eigenvalue weighted by Gasteiger charge is -2.13. The van der Waals surface area contributed by atoms with Crippen molar-refractivity contribution in [2.45, 2.75) is 30.7 Å². The Morgan fingerprint density at radius 3 is 2.83 bits per heavy atom. The summed E-state index contributed by atoms with van der Waals surface area (Å²) in [6.45, 7) is 3.78. The summed E-state index contributed by atoms with van der Waals surface area (Å²) in [4.78, 5) is 45.3. The van der Waals surface area contributed by atoms with Gasteiger partial charge in [-0.05, 0) is 26.0 Å². The summed E-state index contributed by atoms with van der Waals surface area (Å²) in [5, 5.41) is 5.34. The molecule has 0 aliphatic rings.